The van der Waals surface area contributed by atoms with Gasteiger partial charge in [-0.25, -0.2) is 0 Å². The van der Waals surface area contributed by atoms with E-state index in [0.717, 1.165) is 34.7 Å². The van der Waals surface area contributed by atoms with E-state index in [1.54, 1.807) is 18.2 Å². The molecule has 0 bridgehead atoms. The summed E-state index contributed by atoms with van der Waals surface area (Å²) in [6, 6.07) is 9.10. The molecule has 1 aromatic heterocycles. The third kappa shape index (κ3) is 3.55. The maximum Gasteiger partial charge on any atom is 0.283 e. The Labute approximate surface area is 172 Å². The Morgan fingerprint density at radius 1 is 1.17 bits per heavy atom. The molecule has 1 aliphatic heterocycles. The highest BCUT2D eigenvalue weighted by atomic mass is 32.1. The Morgan fingerprint density at radius 3 is 2.62 bits per heavy atom. The molecule has 0 radical (unpaired) electrons. The van der Waals surface area contributed by atoms with E-state index >= 15 is 0 Å². The van der Waals surface area contributed by atoms with E-state index in [4.69, 9.17) is 18.9 Å². The van der Waals surface area contributed by atoms with E-state index < -0.39 is 0 Å². The second-order valence-electron chi connectivity index (χ2n) is 6.46. The quantitative estimate of drug-likeness (QED) is 0.637. The monoisotopic (exact) mass is 414 g/mol. The largest absolute Gasteiger partial charge is 0.493 e. The molecule has 2 aromatic carbocycles. The summed E-state index contributed by atoms with van der Waals surface area (Å²) in [7, 11) is 3.05. The van der Waals surface area contributed by atoms with Gasteiger partial charge in [-0.1, -0.05) is 24.3 Å². The van der Waals surface area contributed by atoms with Gasteiger partial charge >= 0.3 is 0 Å². The van der Waals surface area contributed by atoms with Crippen LogP contribution in [-0.4, -0.2) is 37.9 Å². The molecule has 0 spiro atoms. The first-order valence-corrected chi connectivity index (χ1v) is 10.2. The van der Waals surface area contributed by atoms with Crippen LogP contribution in [0.25, 0.3) is 10.2 Å². The van der Waals surface area contributed by atoms with Gasteiger partial charge in [0.1, 0.15) is 13.2 Å². The minimum absolute atomic E-state index is 0.360. The zero-order chi connectivity index (χ0) is 20.4. The summed E-state index contributed by atoms with van der Waals surface area (Å²) >= 11 is 1.45. The van der Waals surface area contributed by atoms with Crippen LogP contribution in [0, 0.1) is 0 Å². The number of methoxy groups -OCH3 is 2. The predicted molar refractivity (Wildman–Crippen MR) is 111 cm³/mol. The second-order valence-corrected chi connectivity index (χ2v) is 7.47. The normalized spacial score (nSPS) is 13.6. The van der Waals surface area contributed by atoms with Crippen LogP contribution in [0.3, 0.4) is 0 Å². The number of para-hydroxylation sites is 1. The van der Waals surface area contributed by atoms with E-state index in [1.807, 2.05) is 16.7 Å². The van der Waals surface area contributed by atoms with Crippen molar-refractivity contribution in [1.82, 2.24) is 4.57 Å². The molecule has 7 nitrogen and oxygen atoms in total. The first-order chi connectivity index (χ1) is 14.2. The Morgan fingerprint density at radius 2 is 1.93 bits per heavy atom. The molecule has 4 rings (SSSR count). The van der Waals surface area contributed by atoms with E-state index in [2.05, 4.69) is 11.9 Å². The zero-order valence-electron chi connectivity index (χ0n) is 16.6. The highest BCUT2D eigenvalue weighted by Crippen LogP contribution is 2.36. The molecule has 0 aliphatic carbocycles. The molecular formula is C21H22N2O5S. The number of aryl methyl sites for hydroxylation is 1. The topological polar surface area (TPSA) is 71.3 Å². The molecule has 3 aromatic rings. The minimum Gasteiger partial charge on any atom is -0.493 e. The fourth-order valence-corrected chi connectivity index (χ4v) is 4.40. The lowest BCUT2D eigenvalue weighted by molar-refractivity contribution is 0.0994. The number of hydrogen-bond acceptors (Lipinski definition) is 6. The van der Waals surface area contributed by atoms with Crippen molar-refractivity contribution in [2.24, 2.45) is 4.99 Å². The molecule has 0 unspecified atom stereocenters. The van der Waals surface area contributed by atoms with Crippen molar-refractivity contribution in [2.75, 3.05) is 27.4 Å². The Bertz CT molecular complexity index is 1130. The summed E-state index contributed by atoms with van der Waals surface area (Å²) in [5, 5.41) is 0. The summed E-state index contributed by atoms with van der Waals surface area (Å²) in [5.41, 5.74) is 1.34. The number of benzene rings is 2. The summed E-state index contributed by atoms with van der Waals surface area (Å²) in [6.07, 6.45) is 0.907. The standard InChI is InChI=1S/C21H22N2O5S/c1-4-8-23-14-11-16-17(28-10-9-27-16)12-18(14)29-21(23)22-20(24)13-6-5-7-15(25-2)19(13)26-3/h5-7,11-12H,4,8-10H2,1-3H3. The highest BCUT2D eigenvalue weighted by Gasteiger charge is 2.19. The number of nitrogens with zero attached hydrogens (tertiary/aromatic N) is 2. The van der Waals surface area contributed by atoms with Gasteiger partial charge in [-0.05, 0) is 18.6 Å². The van der Waals surface area contributed by atoms with Crippen molar-refractivity contribution in [3.8, 4) is 23.0 Å². The van der Waals surface area contributed by atoms with Crippen LogP contribution >= 0.6 is 11.3 Å². The van der Waals surface area contributed by atoms with Crippen molar-refractivity contribution >= 4 is 27.5 Å². The van der Waals surface area contributed by atoms with Crippen molar-refractivity contribution in [2.45, 2.75) is 19.9 Å². The third-order valence-electron chi connectivity index (χ3n) is 4.62. The lowest BCUT2D eigenvalue weighted by Crippen LogP contribution is -2.18. The zero-order valence-corrected chi connectivity index (χ0v) is 17.4. The molecule has 0 saturated heterocycles. The van der Waals surface area contributed by atoms with Crippen molar-refractivity contribution in [3.05, 3.63) is 40.7 Å². The lowest BCUT2D eigenvalue weighted by Gasteiger charge is -2.18. The number of ether oxygens (including phenoxy) is 4. The first-order valence-electron chi connectivity index (χ1n) is 9.39. The van der Waals surface area contributed by atoms with Gasteiger partial charge < -0.3 is 23.5 Å². The molecular weight excluding hydrogens is 392 g/mol. The Hall–Kier alpha value is -3.00. The number of hydrogen-bond donors (Lipinski definition) is 0. The van der Waals surface area contributed by atoms with Crippen LogP contribution in [0.2, 0.25) is 0 Å². The summed E-state index contributed by atoms with van der Waals surface area (Å²) in [4.78, 5) is 18.0. The number of carbonyl (C=O) groups excluding carboxylic acids is 1. The minimum atomic E-state index is -0.380. The van der Waals surface area contributed by atoms with Gasteiger partial charge in [0, 0.05) is 18.7 Å². The van der Waals surface area contributed by atoms with Gasteiger partial charge in [0.25, 0.3) is 5.91 Å². The van der Waals surface area contributed by atoms with Crippen molar-refractivity contribution in [3.63, 3.8) is 0 Å². The molecule has 29 heavy (non-hydrogen) atoms. The highest BCUT2D eigenvalue weighted by molar-refractivity contribution is 7.16. The maximum absolute atomic E-state index is 13.0. The molecule has 152 valence electrons. The molecule has 0 atom stereocenters. The number of thiazole rings is 1. The fraction of sp³-hybridized carbons (Fsp3) is 0.333. The van der Waals surface area contributed by atoms with Crippen LogP contribution in [0.4, 0.5) is 0 Å². The van der Waals surface area contributed by atoms with Gasteiger partial charge in [0.2, 0.25) is 0 Å². The van der Waals surface area contributed by atoms with Crippen LogP contribution < -0.4 is 23.7 Å². The molecule has 0 saturated carbocycles. The fourth-order valence-electron chi connectivity index (χ4n) is 3.33. The van der Waals surface area contributed by atoms with E-state index in [9.17, 15) is 4.79 Å². The second kappa shape index (κ2) is 8.16. The Balaban J connectivity index is 1.85. The first kappa shape index (κ1) is 19.3. The summed E-state index contributed by atoms with van der Waals surface area (Å²) in [6.45, 7) is 3.89. The van der Waals surface area contributed by atoms with Crippen LogP contribution in [0.15, 0.2) is 35.3 Å². The number of rotatable bonds is 5. The molecule has 0 N–H and O–H groups in total. The summed E-state index contributed by atoms with van der Waals surface area (Å²) in [5.74, 6) is 1.94. The summed E-state index contributed by atoms with van der Waals surface area (Å²) < 4.78 is 25.1. The van der Waals surface area contributed by atoms with Gasteiger partial charge in [0.15, 0.2) is 27.8 Å². The number of amides is 1. The van der Waals surface area contributed by atoms with Crippen LogP contribution in [0.1, 0.15) is 23.7 Å². The smallest absolute Gasteiger partial charge is 0.283 e. The molecule has 8 heteroatoms. The number of aromatic nitrogens is 1. The third-order valence-corrected chi connectivity index (χ3v) is 5.67. The molecule has 1 amide bonds. The van der Waals surface area contributed by atoms with Crippen LogP contribution in [0.5, 0.6) is 23.0 Å². The maximum atomic E-state index is 13.0. The van der Waals surface area contributed by atoms with E-state index in [1.165, 1.54) is 25.6 Å². The predicted octanol–water partition coefficient (Wildman–Crippen LogP) is 3.64. The number of fused-ring (bicyclic) bond motifs is 2. The van der Waals surface area contributed by atoms with Crippen molar-refractivity contribution in [1.29, 1.82) is 0 Å². The average Bonchev–Trinajstić information content (AvgIpc) is 3.07. The van der Waals surface area contributed by atoms with Gasteiger partial charge in [-0.3, -0.25) is 4.79 Å². The molecule has 0 fully saturated rings. The lowest BCUT2D eigenvalue weighted by atomic mass is 10.2. The van der Waals surface area contributed by atoms with Gasteiger partial charge in [-0.2, -0.15) is 4.99 Å². The molecule has 1 aliphatic rings. The Kier molecular flexibility index (Phi) is 5.44. The van der Waals surface area contributed by atoms with Crippen LogP contribution in [-0.2, 0) is 6.54 Å². The van der Waals surface area contributed by atoms with E-state index in [-0.39, 0.29) is 5.91 Å². The van der Waals surface area contributed by atoms with Gasteiger partial charge in [-0.15, -0.1) is 0 Å². The number of carbonyl (C=O) groups is 1. The SMILES string of the molecule is CCCn1c(=NC(=O)c2cccc(OC)c2OC)sc2cc3c(cc21)OCCO3. The average molecular weight is 414 g/mol. The van der Waals surface area contributed by atoms with E-state index in [0.29, 0.717) is 35.1 Å². The van der Waals surface area contributed by atoms with Gasteiger partial charge in [0.05, 0.1) is 30.0 Å². The molecule has 2 heterocycles. The van der Waals surface area contributed by atoms with Crippen molar-refractivity contribution < 1.29 is 23.7 Å².